The van der Waals surface area contributed by atoms with Crippen molar-refractivity contribution in [2.45, 2.75) is 31.1 Å². The number of carbonyl (C=O) groups is 2. The molecular weight excluding hydrogens is 152 g/mol. The molecule has 0 aliphatic heterocycles. The van der Waals surface area contributed by atoms with Crippen LogP contribution in [-0.4, -0.2) is 16.4 Å². The summed E-state index contributed by atoms with van der Waals surface area (Å²) in [6.45, 7) is 1.37. The van der Waals surface area contributed by atoms with E-state index in [2.05, 4.69) is 0 Å². The van der Waals surface area contributed by atoms with E-state index in [1.54, 1.807) is 0 Å². The summed E-state index contributed by atoms with van der Waals surface area (Å²) < 4.78 is 0. The van der Waals surface area contributed by atoms with Crippen LogP contribution in [0.25, 0.3) is 0 Å². The first-order valence-corrected chi connectivity index (χ1v) is 3.68. The van der Waals surface area contributed by atoms with Gasteiger partial charge in [0.15, 0.2) is 16.4 Å². The fraction of sp³-hybridized carbons (Fsp3) is 0.714. The van der Waals surface area contributed by atoms with Gasteiger partial charge in [-0.1, -0.05) is 0 Å². The highest BCUT2D eigenvalue weighted by Gasteiger charge is 2.44. The standard InChI is InChI=1S/C7H9ClO2/c1-5(9)7(8)4-2-3-6(7)10/h2-4H2,1H3. The molecule has 0 heterocycles. The van der Waals surface area contributed by atoms with Crippen molar-refractivity contribution < 1.29 is 9.59 Å². The van der Waals surface area contributed by atoms with E-state index in [0.29, 0.717) is 12.8 Å². The first kappa shape index (κ1) is 7.73. The number of ketones is 2. The molecule has 1 aliphatic carbocycles. The molecule has 0 aromatic rings. The minimum absolute atomic E-state index is 0.110. The van der Waals surface area contributed by atoms with Crippen LogP contribution in [0.4, 0.5) is 0 Å². The van der Waals surface area contributed by atoms with Gasteiger partial charge < -0.3 is 0 Å². The van der Waals surface area contributed by atoms with Crippen LogP contribution in [0.1, 0.15) is 26.2 Å². The van der Waals surface area contributed by atoms with Crippen molar-refractivity contribution in [3.8, 4) is 0 Å². The molecule has 3 heteroatoms. The Morgan fingerprint density at radius 3 is 2.50 bits per heavy atom. The second kappa shape index (κ2) is 2.35. The number of Topliss-reactive ketones (excluding diaryl/α,β-unsaturated/α-hetero) is 2. The fourth-order valence-corrected chi connectivity index (χ4v) is 1.43. The molecule has 0 bridgehead atoms. The van der Waals surface area contributed by atoms with Gasteiger partial charge in [0.25, 0.3) is 0 Å². The van der Waals surface area contributed by atoms with E-state index in [-0.39, 0.29) is 11.6 Å². The lowest BCUT2D eigenvalue weighted by atomic mass is 10.0. The number of alkyl halides is 1. The Morgan fingerprint density at radius 2 is 2.30 bits per heavy atom. The first-order chi connectivity index (χ1) is 4.57. The van der Waals surface area contributed by atoms with E-state index in [4.69, 9.17) is 11.6 Å². The second-order valence-electron chi connectivity index (χ2n) is 2.63. The first-order valence-electron chi connectivity index (χ1n) is 3.30. The average Bonchev–Trinajstić information content (AvgIpc) is 2.15. The summed E-state index contributed by atoms with van der Waals surface area (Å²) in [4.78, 5) is 20.7. The number of halogens is 1. The Kier molecular flexibility index (Phi) is 1.82. The molecule has 1 fully saturated rings. The predicted molar refractivity (Wildman–Crippen MR) is 38.1 cm³/mol. The van der Waals surface area contributed by atoms with Crippen molar-refractivity contribution >= 4 is 23.2 Å². The van der Waals surface area contributed by atoms with Crippen molar-refractivity contribution in [3.05, 3.63) is 0 Å². The Bertz CT molecular complexity index is 188. The maximum Gasteiger partial charge on any atom is 0.161 e. The summed E-state index contributed by atoms with van der Waals surface area (Å²) in [5.74, 6) is -0.321. The van der Waals surface area contributed by atoms with Gasteiger partial charge >= 0.3 is 0 Å². The normalized spacial score (nSPS) is 32.8. The van der Waals surface area contributed by atoms with Crippen LogP contribution in [0.3, 0.4) is 0 Å². The van der Waals surface area contributed by atoms with Crippen molar-refractivity contribution in [1.29, 1.82) is 0 Å². The van der Waals surface area contributed by atoms with E-state index in [9.17, 15) is 9.59 Å². The third kappa shape index (κ3) is 0.966. The lowest BCUT2D eigenvalue weighted by Crippen LogP contribution is -2.34. The molecule has 0 spiro atoms. The van der Waals surface area contributed by atoms with Gasteiger partial charge in [0, 0.05) is 6.42 Å². The highest BCUT2D eigenvalue weighted by molar-refractivity contribution is 6.47. The van der Waals surface area contributed by atoms with Crippen LogP contribution in [0, 0.1) is 0 Å². The molecule has 1 atom stereocenters. The molecule has 1 aliphatic rings. The average molecular weight is 161 g/mol. The maximum absolute atomic E-state index is 11.0. The van der Waals surface area contributed by atoms with E-state index in [1.165, 1.54) is 6.92 Å². The fourth-order valence-electron chi connectivity index (χ4n) is 1.20. The molecular formula is C7H9ClO2. The van der Waals surface area contributed by atoms with E-state index < -0.39 is 4.87 Å². The van der Waals surface area contributed by atoms with Gasteiger partial charge in [-0.25, -0.2) is 0 Å². The zero-order valence-electron chi connectivity index (χ0n) is 5.82. The molecule has 56 valence electrons. The van der Waals surface area contributed by atoms with Crippen molar-refractivity contribution in [2.24, 2.45) is 0 Å². The van der Waals surface area contributed by atoms with Gasteiger partial charge in [0.1, 0.15) is 0 Å². The van der Waals surface area contributed by atoms with Crippen LogP contribution < -0.4 is 0 Å². The largest absolute Gasteiger partial charge is 0.298 e. The van der Waals surface area contributed by atoms with Crippen LogP contribution in [0.15, 0.2) is 0 Å². The molecule has 0 amide bonds. The molecule has 1 unspecified atom stereocenters. The molecule has 0 aromatic heterocycles. The number of carbonyl (C=O) groups excluding carboxylic acids is 2. The summed E-state index contributed by atoms with van der Waals surface area (Å²) in [5, 5.41) is 0. The third-order valence-corrected chi connectivity index (χ3v) is 2.59. The molecule has 0 saturated heterocycles. The number of hydrogen-bond acceptors (Lipinski definition) is 2. The molecule has 0 aromatic carbocycles. The highest BCUT2D eigenvalue weighted by atomic mass is 35.5. The number of hydrogen-bond donors (Lipinski definition) is 0. The van der Waals surface area contributed by atoms with Crippen molar-refractivity contribution in [2.75, 3.05) is 0 Å². The van der Waals surface area contributed by atoms with Gasteiger partial charge in [0.2, 0.25) is 0 Å². The number of rotatable bonds is 1. The zero-order valence-corrected chi connectivity index (χ0v) is 6.57. The van der Waals surface area contributed by atoms with Crippen LogP contribution in [0.5, 0.6) is 0 Å². The summed E-state index contributed by atoms with van der Waals surface area (Å²) >= 11 is 5.76. The summed E-state index contributed by atoms with van der Waals surface area (Å²) in [5.41, 5.74) is 0. The Labute approximate surface area is 64.5 Å². The summed E-state index contributed by atoms with van der Waals surface area (Å²) in [6.07, 6.45) is 1.73. The van der Waals surface area contributed by atoms with Crippen LogP contribution in [0.2, 0.25) is 0 Å². The SMILES string of the molecule is CC(=O)C1(Cl)CCCC1=O. The summed E-state index contributed by atoms with van der Waals surface area (Å²) in [6, 6.07) is 0. The van der Waals surface area contributed by atoms with E-state index in [1.807, 2.05) is 0 Å². The highest BCUT2D eigenvalue weighted by Crippen LogP contribution is 2.33. The minimum Gasteiger partial charge on any atom is -0.298 e. The van der Waals surface area contributed by atoms with E-state index >= 15 is 0 Å². The van der Waals surface area contributed by atoms with Gasteiger partial charge in [-0.05, 0) is 19.8 Å². The lowest BCUT2D eigenvalue weighted by molar-refractivity contribution is -0.127. The topological polar surface area (TPSA) is 34.1 Å². The Balaban J connectivity index is 2.86. The molecule has 1 rings (SSSR count). The molecule has 10 heavy (non-hydrogen) atoms. The minimum atomic E-state index is -1.15. The molecule has 0 radical (unpaired) electrons. The summed E-state index contributed by atoms with van der Waals surface area (Å²) in [7, 11) is 0. The maximum atomic E-state index is 11.0. The van der Waals surface area contributed by atoms with Crippen LogP contribution >= 0.6 is 11.6 Å². The van der Waals surface area contributed by atoms with Crippen molar-refractivity contribution in [3.63, 3.8) is 0 Å². The molecule has 0 N–H and O–H groups in total. The monoisotopic (exact) mass is 160 g/mol. The van der Waals surface area contributed by atoms with Gasteiger partial charge in [-0.15, -0.1) is 11.6 Å². The second-order valence-corrected chi connectivity index (χ2v) is 3.28. The van der Waals surface area contributed by atoms with Crippen molar-refractivity contribution in [1.82, 2.24) is 0 Å². The van der Waals surface area contributed by atoms with Gasteiger partial charge in [0.05, 0.1) is 0 Å². The van der Waals surface area contributed by atoms with E-state index in [0.717, 1.165) is 6.42 Å². The lowest BCUT2D eigenvalue weighted by Gasteiger charge is -2.13. The zero-order chi connectivity index (χ0) is 7.78. The van der Waals surface area contributed by atoms with Gasteiger partial charge in [-0.3, -0.25) is 9.59 Å². The Morgan fingerprint density at radius 1 is 1.70 bits per heavy atom. The molecule has 2 nitrogen and oxygen atoms in total. The predicted octanol–water partition coefficient (Wildman–Crippen LogP) is 1.31. The molecule has 1 saturated carbocycles. The van der Waals surface area contributed by atoms with Crippen LogP contribution in [-0.2, 0) is 9.59 Å². The third-order valence-electron chi connectivity index (χ3n) is 1.93. The van der Waals surface area contributed by atoms with Gasteiger partial charge in [-0.2, -0.15) is 0 Å². The smallest absolute Gasteiger partial charge is 0.161 e. The Hall–Kier alpha value is -0.370. The quantitative estimate of drug-likeness (QED) is 0.428.